The van der Waals surface area contributed by atoms with Crippen molar-refractivity contribution in [3.63, 3.8) is 0 Å². The fourth-order valence-corrected chi connectivity index (χ4v) is 4.17. The van der Waals surface area contributed by atoms with Crippen LogP contribution < -0.4 is 15.8 Å². The topological polar surface area (TPSA) is 128 Å². The van der Waals surface area contributed by atoms with Crippen molar-refractivity contribution in [2.45, 2.75) is 31.6 Å². The molecule has 170 valence electrons. The number of aryl methyl sites for hydroxylation is 1. The van der Waals surface area contributed by atoms with Crippen molar-refractivity contribution in [1.82, 2.24) is 15.0 Å². The maximum atomic E-state index is 12.9. The van der Waals surface area contributed by atoms with E-state index < -0.39 is 20.5 Å². The molecule has 0 spiro atoms. The van der Waals surface area contributed by atoms with Crippen LogP contribution in [0.15, 0.2) is 53.6 Å². The maximum Gasteiger partial charge on any atom is 0.264 e. The van der Waals surface area contributed by atoms with Crippen molar-refractivity contribution in [2.75, 3.05) is 12.9 Å². The number of ether oxygens (including phenoxy) is 1. The molecule has 0 fully saturated rings. The number of benzene rings is 2. The molecule has 3 aromatic rings. The Balaban J connectivity index is 1.90. The van der Waals surface area contributed by atoms with Crippen LogP contribution in [0.3, 0.4) is 0 Å². The average Bonchev–Trinajstić information content (AvgIpc) is 2.77. The number of aromatic nitrogens is 2. The first-order chi connectivity index (χ1) is 15.1. The quantitative estimate of drug-likeness (QED) is 0.390. The zero-order chi connectivity index (χ0) is 23.5. The van der Waals surface area contributed by atoms with Crippen LogP contribution in [0, 0.1) is 0 Å². The van der Waals surface area contributed by atoms with E-state index in [4.69, 9.17) is 9.94 Å². The molecule has 0 radical (unpaired) electrons. The predicted molar refractivity (Wildman–Crippen MR) is 120 cm³/mol. The SMILES string of the molecule is CCOc1ccc(-c2ccc3c(=O)n(CC[C@@](C)(C(=O)NO)S(C)(=O)=O)cnc3c2)cc1. The minimum absolute atomic E-state index is 0.0700. The molecule has 1 heterocycles. The molecule has 10 heteroatoms. The van der Waals surface area contributed by atoms with Crippen molar-refractivity contribution in [3.05, 3.63) is 59.1 Å². The predicted octanol–water partition coefficient (Wildman–Crippen LogP) is 2.16. The molecule has 0 saturated heterocycles. The number of rotatable bonds is 8. The normalized spacial score (nSPS) is 13.5. The Bertz CT molecular complexity index is 1300. The third kappa shape index (κ3) is 4.51. The standard InChI is InChI=1S/C22H25N3O6S/c1-4-31-17-8-5-15(6-9-17)16-7-10-18-19(13-16)23-14-25(20(18)26)12-11-22(2,21(27)24-28)32(3,29)30/h5-10,13-14,28H,4,11-12H2,1-3H3,(H,24,27)/t22-/m0/s1. The van der Waals surface area contributed by atoms with Crippen molar-refractivity contribution >= 4 is 26.6 Å². The monoisotopic (exact) mass is 459 g/mol. The summed E-state index contributed by atoms with van der Waals surface area (Å²) in [6.45, 7) is 3.63. The summed E-state index contributed by atoms with van der Waals surface area (Å²) < 4.78 is 29.1. The van der Waals surface area contributed by atoms with E-state index in [-0.39, 0.29) is 18.5 Å². The fraction of sp³-hybridized carbons (Fsp3) is 0.318. The van der Waals surface area contributed by atoms with Crippen molar-refractivity contribution in [3.8, 4) is 16.9 Å². The molecule has 1 atom stereocenters. The molecule has 2 N–H and O–H groups in total. The first-order valence-electron chi connectivity index (χ1n) is 9.97. The van der Waals surface area contributed by atoms with E-state index >= 15 is 0 Å². The molecular weight excluding hydrogens is 434 g/mol. The van der Waals surface area contributed by atoms with E-state index in [9.17, 15) is 18.0 Å². The van der Waals surface area contributed by atoms with E-state index in [1.807, 2.05) is 37.3 Å². The highest BCUT2D eigenvalue weighted by atomic mass is 32.2. The van der Waals surface area contributed by atoms with Crippen LogP contribution in [0.2, 0.25) is 0 Å². The lowest BCUT2D eigenvalue weighted by Gasteiger charge is -2.25. The van der Waals surface area contributed by atoms with Crippen LogP contribution in [0.1, 0.15) is 20.3 Å². The number of carbonyl (C=O) groups is 1. The highest BCUT2D eigenvalue weighted by Gasteiger charge is 2.43. The molecule has 3 rings (SSSR count). The lowest BCUT2D eigenvalue weighted by molar-refractivity contribution is -0.131. The fourth-order valence-electron chi connectivity index (χ4n) is 3.33. The van der Waals surface area contributed by atoms with Gasteiger partial charge in [-0.15, -0.1) is 0 Å². The van der Waals surface area contributed by atoms with E-state index in [0.717, 1.165) is 23.1 Å². The molecule has 0 unspecified atom stereocenters. The number of nitrogens with zero attached hydrogens (tertiary/aromatic N) is 2. The van der Waals surface area contributed by atoms with Gasteiger partial charge < -0.3 is 4.74 Å². The van der Waals surface area contributed by atoms with Gasteiger partial charge >= 0.3 is 0 Å². The molecule has 32 heavy (non-hydrogen) atoms. The number of carbonyl (C=O) groups excluding carboxylic acids is 1. The zero-order valence-corrected chi connectivity index (χ0v) is 18.8. The van der Waals surface area contributed by atoms with Gasteiger partial charge in [0.1, 0.15) is 5.75 Å². The van der Waals surface area contributed by atoms with Gasteiger partial charge in [0, 0.05) is 12.8 Å². The van der Waals surface area contributed by atoms with Crippen molar-refractivity contribution < 1.29 is 23.2 Å². The number of nitrogens with one attached hydrogen (secondary N) is 1. The van der Waals surface area contributed by atoms with Crippen LogP contribution in [0.5, 0.6) is 5.75 Å². The van der Waals surface area contributed by atoms with Gasteiger partial charge in [0.05, 0.1) is 23.8 Å². The second-order valence-corrected chi connectivity index (χ2v) is 10.1. The maximum absolute atomic E-state index is 12.9. The highest BCUT2D eigenvalue weighted by Crippen LogP contribution is 2.25. The summed E-state index contributed by atoms with van der Waals surface area (Å²) in [5.74, 6) is -0.282. The number of hydrogen-bond acceptors (Lipinski definition) is 7. The van der Waals surface area contributed by atoms with Gasteiger partial charge in [0.25, 0.3) is 11.5 Å². The third-order valence-electron chi connectivity index (χ3n) is 5.55. The summed E-state index contributed by atoms with van der Waals surface area (Å²) >= 11 is 0. The van der Waals surface area contributed by atoms with Crippen molar-refractivity contribution in [2.24, 2.45) is 0 Å². The Morgan fingerprint density at radius 1 is 1.19 bits per heavy atom. The van der Waals surface area contributed by atoms with Crippen LogP contribution >= 0.6 is 0 Å². The Morgan fingerprint density at radius 2 is 1.84 bits per heavy atom. The van der Waals surface area contributed by atoms with Crippen LogP contribution in [0.4, 0.5) is 0 Å². The van der Waals surface area contributed by atoms with Gasteiger partial charge in [-0.1, -0.05) is 18.2 Å². The van der Waals surface area contributed by atoms with E-state index in [1.54, 1.807) is 12.1 Å². The zero-order valence-electron chi connectivity index (χ0n) is 18.0. The summed E-state index contributed by atoms with van der Waals surface area (Å²) in [5.41, 5.74) is 3.37. The van der Waals surface area contributed by atoms with Crippen molar-refractivity contribution in [1.29, 1.82) is 0 Å². The average molecular weight is 460 g/mol. The molecule has 1 amide bonds. The molecule has 0 aliphatic heterocycles. The van der Waals surface area contributed by atoms with E-state index in [1.165, 1.54) is 23.3 Å². The minimum Gasteiger partial charge on any atom is -0.494 e. The molecule has 9 nitrogen and oxygen atoms in total. The molecule has 2 aromatic carbocycles. The van der Waals surface area contributed by atoms with Gasteiger partial charge in [-0.25, -0.2) is 18.9 Å². The summed E-state index contributed by atoms with van der Waals surface area (Å²) in [4.78, 5) is 29.2. The summed E-state index contributed by atoms with van der Waals surface area (Å²) in [7, 11) is -3.86. The number of hydrogen-bond donors (Lipinski definition) is 2. The third-order valence-corrected chi connectivity index (χ3v) is 7.58. The molecular formula is C22H25N3O6S. The molecule has 0 saturated carbocycles. The van der Waals surface area contributed by atoms with Gasteiger partial charge in [-0.2, -0.15) is 0 Å². The van der Waals surface area contributed by atoms with Gasteiger partial charge in [-0.05, 0) is 55.7 Å². The number of hydroxylamine groups is 1. The van der Waals surface area contributed by atoms with E-state index in [0.29, 0.717) is 17.5 Å². The first kappa shape index (κ1) is 23.4. The Kier molecular flexibility index (Phi) is 6.65. The van der Waals surface area contributed by atoms with Crippen LogP contribution in [-0.4, -0.2) is 46.7 Å². The summed E-state index contributed by atoms with van der Waals surface area (Å²) in [5, 5.41) is 9.31. The summed E-state index contributed by atoms with van der Waals surface area (Å²) in [6, 6.07) is 12.9. The van der Waals surface area contributed by atoms with Gasteiger partial charge in [-0.3, -0.25) is 19.4 Å². The van der Waals surface area contributed by atoms with E-state index in [2.05, 4.69) is 4.98 Å². The Morgan fingerprint density at radius 3 is 2.44 bits per heavy atom. The number of sulfone groups is 1. The second-order valence-electron chi connectivity index (χ2n) is 7.63. The number of fused-ring (bicyclic) bond motifs is 1. The van der Waals surface area contributed by atoms with Gasteiger partial charge in [0.15, 0.2) is 14.6 Å². The first-order valence-corrected chi connectivity index (χ1v) is 11.9. The lowest BCUT2D eigenvalue weighted by atomic mass is 10.0. The molecule has 0 aliphatic rings. The highest BCUT2D eigenvalue weighted by molar-refractivity contribution is 7.92. The Labute approximate surface area is 185 Å². The lowest BCUT2D eigenvalue weighted by Crippen LogP contribution is -2.50. The minimum atomic E-state index is -3.86. The smallest absolute Gasteiger partial charge is 0.264 e. The number of amides is 1. The molecule has 0 bridgehead atoms. The van der Waals surface area contributed by atoms with Gasteiger partial charge in [0.2, 0.25) is 0 Å². The second kappa shape index (κ2) is 9.09. The van der Waals surface area contributed by atoms with Crippen LogP contribution in [-0.2, 0) is 21.2 Å². The van der Waals surface area contributed by atoms with Crippen LogP contribution in [0.25, 0.3) is 22.0 Å². The molecule has 1 aromatic heterocycles. The largest absolute Gasteiger partial charge is 0.494 e. The Hall–Kier alpha value is -3.24. The summed E-state index contributed by atoms with van der Waals surface area (Å²) in [6.07, 6.45) is 2.02. The molecule has 0 aliphatic carbocycles.